The Morgan fingerprint density at radius 3 is 2.15 bits per heavy atom. The van der Waals surface area contributed by atoms with Crippen LogP contribution in [0.1, 0.15) is 5.56 Å². The van der Waals surface area contributed by atoms with Crippen molar-refractivity contribution in [1.82, 2.24) is 9.21 Å². The minimum atomic E-state index is -4.11. The van der Waals surface area contributed by atoms with Gasteiger partial charge in [-0.05, 0) is 37.3 Å². The molecule has 1 heterocycles. The first-order chi connectivity index (χ1) is 15.4. The summed E-state index contributed by atoms with van der Waals surface area (Å²) in [7, 11) is -5.38. The van der Waals surface area contributed by atoms with Crippen LogP contribution in [-0.2, 0) is 29.4 Å². The minimum absolute atomic E-state index is 0.0240. The van der Waals surface area contributed by atoms with E-state index in [4.69, 9.17) is 5.11 Å². The van der Waals surface area contributed by atoms with Gasteiger partial charge in [0.05, 0.1) is 33.5 Å². The van der Waals surface area contributed by atoms with Crippen LogP contribution in [0.2, 0.25) is 0 Å². The standard InChI is InChI=1S/C21H23N3O7S2/c1-14-4-6-15(7-5-14)32(28,29)19-9-8-16(33(30,31)23(2)3)12-17(19)22-18-13-20(26)24(10-11-25)21(18)27/h4-9,12-13,22,25H,10-11H2,1-3H3. The van der Waals surface area contributed by atoms with Gasteiger partial charge in [0.15, 0.2) is 0 Å². The van der Waals surface area contributed by atoms with E-state index in [-0.39, 0.29) is 32.6 Å². The van der Waals surface area contributed by atoms with Crippen LogP contribution in [0.3, 0.4) is 0 Å². The number of rotatable bonds is 8. The quantitative estimate of drug-likeness (QED) is 0.513. The molecule has 2 aromatic rings. The highest BCUT2D eigenvalue weighted by Crippen LogP contribution is 2.32. The van der Waals surface area contributed by atoms with Gasteiger partial charge < -0.3 is 10.4 Å². The molecule has 1 aliphatic rings. The predicted molar refractivity (Wildman–Crippen MR) is 119 cm³/mol. The van der Waals surface area contributed by atoms with E-state index in [1.54, 1.807) is 19.1 Å². The number of anilines is 1. The fraction of sp³-hybridized carbons (Fsp3) is 0.238. The zero-order chi connectivity index (χ0) is 24.6. The number of aryl methyl sites for hydroxylation is 1. The molecule has 0 aliphatic carbocycles. The Kier molecular flexibility index (Phi) is 6.75. The van der Waals surface area contributed by atoms with Gasteiger partial charge >= 0.3 is 0 Å². The van der Waals surface area contributed by atoms with E-state index in [9.17, 15) is 26.4 Å². The lowest BCUT2D eigenvalue weighted by Gasteiger charge is -2.18. The summed E-state index contributed by atoms with van der Waals surface area (Å²) in [6, 6.07) is 9.50. The van der Waals surface area contributed by atoms with Gasteiger partial charge in [-0.25, -0.2) is 21.1 Å². The van der Waals surface area contributed by atoms with Crippen LogP contribution in [0.5, 0.6) is 0 Å². The second kappa shape index (κ2) is 9.06. The lowest BCUT2D eigenvalue weighted by atomic mass is 10.2. The second-order valence-electron chi connectivity index (χ2n) is 7.46. The Bertz CT molecular complexity index is 1350. The molecule has 0 spiro atoms. The van der Waals surface area contributed by atoms with Crippen molar-refractivity contribution in [2.24, 2.45) is 0 Å². The van der Waals surface area contributed by atoms with E-state index >= 15 is 0 Å². The average Bonchev–Trinajstić information content (AvgIpc) is 3.01. The van der Waals surface area contributed by atoms with Crippen LogP contribution in [0, 0.1) is 6.92 Å². The molecule has 0 radical (unpaired) electrons. The van der Waals surface area contributed by atoms with Gasteiger partial charge in [-0.1, -0.05) is 17.7 Å². The number of nitrogens with zero attached hydrogens (tertiary/aromatic N) is 2. The molecular formula is C21H23N3O7S2. The number of carbonyl (C=O) groups excluding carboxylic acids is 2. The molecule has 0 saturated carbocycles. The number of sulfone groups is 1. The van der Waals surface area contributed by atoms with Crippen molar-refractivity contribution in [3.8, 4) is 0 Å². The van der Waals surface area contributed by atoms with E-state index in [0.29, 0.717) is 0 Å². The topological polar surface area (TPSA) is 141 Å². The Morgan fingerprint density at radius 1 is 0.970 bits per heavy atom. The van der Waals surface area contributed by atoms with Crippen molar-refractivity contribution in [3.63, 3.8) is 0 Å². The van der Waals surface area contributed by atoms with Crippen LogP contribution in [-0.4, -0.2) is 70.2 Å². The van der Waals surface area contributed by atoms with Gasteiger partial charge in [0.2, 0.25) is 19.9 Å². The minimum Gasteiger partial charge on any atom is -0.395 e. The number of amides is 2. The van der Waals surface area contributed by atoms with E-state index in [2.05, 4.69) is 5.32 Å². The summed E-state index contributed by atoms with van der Waals surface area (Å²) in [5.41, 5.74) is 0.425. The van der Waals surface area contributed by atoms with E-state index in [1.165, 1.54) is 26.2 Å². The number of aliphatic hydroxyl groups is 1. The molecule has 3 rings (SSSR count). The highest BCUT2D eigenvalue weighted by molar-refractivity contribution is 7.91. The molecule has 0 atom stereocenters. The molecule has 0 bridgehead atoms. The summed E-state index contributed by atoms with van der Waals surface area (Å²) in [5, 5.41) is 11.7. The Hall–Kier alpha value is -3.06. The van der Waals surface area contributed by atoms with E-state index in [1.807, 2.05) is 0 Å². The van der Waals surface area contributed by atoms with E-state index < -0.39 is 38.3 Å². The zero-order valence-corrected chi connectivity index (χ0v) is 19.8. The van der Waals surface area contributed by atoms with Crippen molar-refractivity contribution in [3.05, 3.63) is 59.8 Å². The normalized spacial score (nSPS) is 14.7. The Labute approximate surface area is 192 Å². The van der Waals surface area contributed by atoms with Crippen LogP contribution < -0.4 is 5.32 Å². The molecule has 0 fully saturated rings. The monoisotopic (exact) mass is 493 g/mol. The number of imide groups is 1. The molecular weight excluding hydrogens is 470 g/mol. The first-order valence-electron chi connectivity index (χ1n) is 9.73. The first kappa shape index (κ1) is 24.6. The summed E-state index contributed by atoms with van der Waals surface area (Å²) in [6.07, 6.45) is 0.966. The zero-order valence-electron chi connectivity index (χ0n) is 18.1. The number of carbonyl (C=O) groups is 2. The molecule has 176 valence electrons. The Balaban J connectivity index is 2.15. The number of hydrogen-bond donors (Lipinski definition) is 2. The van der Waals surface area contributed by atoms with Crippen LogP contribution in [0.15, 0.2) is 68.9 Å². The molecule has 2 N–H and O–H groups in total. The van der Waals surface area contributed by atoms with Gasteiger partial charge in [0, 0.05) is 20.2 Å². The molecule has 2 amide bonds. The molecule has 12 heteroatoms. The highest BCUT2D eigenvalue weighted by Gasteiger charge is 2.32. The molecule has 33 heavy (non-hydrogen) atoms. The predicted octanol–water partition coefficient (Wildman–Crippen LogP) is 0.735. The second-order valence-corrected chi connectivity index (χ2v) is 11.5. The van der Waals surface area contributed by atoms with Gasteiger partial charge in [-0.3, -0.25) is 14.5 Å². The largest absolute Gasteiger partial charge is 0.395 e. The maximum Gasteiger partial charge on any atom is 0.277 e. The fourth-order valence-electron chi connectivity index (χ4n) is 3.11. The maximum absolute atomic E-state index is 13.3. The van der Waals surface area contributed by atoms with E-state index in [0.717, 1.165) is 39.0 Å². The third-order valence-corrected chi connectivity index (χ3v) is 8.59. The molecule has 2 aromatic carbocycles. The number of hydrogen-bond acceptors (Lipinski definition) is 8. The number of benzene rings is 2. The first-order valence-corrected chi connectivity index (χ1v) is 12.7. The van der Waals surface area contributed by atoms with Crippen molar-refractivity contribution >= 4 is 37.4 Å². The fourth-order valence-corrected chi connectivity index (χ4v) is 5.44. The van der Waals surface area contributed by atoms with Crippen molar-refractivity contribution in [1.29, 1.82) is 0 Å². The van der Waals surface area contributed by atoms with Crippen LogP contribution in [0.25, 0.3) is 0 Å². The van der Waals surface area contributed by atoms with Gasteiger partial charge in [0.25, 0.3) is 11.8 Å². The SMILES string of the molecule is Cc1ccc(S(=O)(=O)c2ccc(S(=O)(=O)N(C)C)cc2NC2=CC(=O)N(CCO)C2=O)cc1. The van der Waals surface area contributed by atoms with Gasteiger partial charge in [-0.2, -0.15) is 0 Å². The van der Waals surface area contributed by atoms with Gasteiger partial charge in [0.1, 0.15) is 5.70 Å². The molecule has 0 aromatic heterocycles. The average molecular weight is 494 g/mol. The molecule has 0 saturated heterocycles. The van der Waals surface area contributed by atoms with Crippen molar-refractivity contribution in [2.75, 3.05) is 32.6 Å². The van der Waals surface area contributed by atoms with Crippen LogP contribution in [0.4, 0.5) is 5.69 Å². The summed E-state index contributed by atoms with van der Waals surface area (Å²) in [4.78, 5) is 24.9. The summed E-state index contributed by atoms with van der Waals surface area (Å²) < 4.78 is 52.9. The number of sulfonamides is 1. The number of nitrogens with one attached hydrogen (secondary N) is 1. The van der Waals surface area contributed by atoms with Crippen LogP contribution >= 0.6 is 0 Å². The van der Waals surface area contributed by atoms with Crippen molar-refractivity contribution in [2.45, 2.75) is 21.6 Å². The highest BCUT2D eigenvalue weighted by atomic mass is 32.2. The summed E-state index contributed by atoms with van der Waals surface area (Å²) >= 11 is 0. The third kappa shape index (κ3) is 4.69. The maximum atomic E-state index is 13.3. The lowest BCUT2D eigenvalue weighted by molar-refractivity contribution is -0.137. The number of β-amino-alcohol motifs (C(OH)–C–C–N with tert-alkyl or cyclic N) is 1. The van der Waals surface area contributed by atoms with Gasteiger partial charge in [-0.15, -0.1) is 0 Å². The number of aliphatic hydroxyl groups excluding tert-OH is 1. The smallest absolute Gasteiger partial charge is 0.277 e. The molecule has 10 nitrogen and oxygen atoms in total. The third-order valence-electron chi connectivity index (χ3n) is 4.95. The van der Waals surface area contributed by atoms with Crippen molar-refractivity contribution < 1.29 is 31.5 Å². The molecule has 1 aliphatic heterocycles. The Morgan fingerprint density at radius 2 is 1.58 bits per heavy atom. The molecule has 0 unspecified atom stereocenters. The summed E-state index contributed by atoms with van der Waals surface area (Å²) in [5.74, 6) is -1.45. The summed E-state index contributed by atoms with van der Waals surface area (Å²) in [6.45, 7) is 1.13. The lowest BCUT2D eigenvalue weighted by Crippen LogP contribution is -2.34.